The van der Waals surface area contributed by atoms with Crippen molar-refractivity contribution in [3.05, 3.63) is 70.3 Å². The summed E-state index contributed by atoms with van der Waals surface area (Å²) in [5.41, 5.74) is 0.638. The number of amides is 1. The highest BCUT2D eigenvalue weighted by Crippen LogP contribution is 2.23. The molecule has 2 N–H and O–H groups in total. The highest BCUT2D eigenvalue weighted by molar-refractivity contribution is 6.03. The van der Waals surface area contributed by atoms with Crippen molar-refractivity contribution in [2.24, 2.45) is 0 Å². The Kier molecular flexibility index (Phi) is 5.94. The van der Waals surface area contributed by atoms with Crippen molar-refractivity contribution in [3.8, 4) is 0 Å². The van der Waals surface area contributed by atoms with Crippen molar-refractivity contribution in [1.29, 1.82) is 0 Å². The van der Waals surface area contributed by atoms with E-state index in [2.05, 4.69) is 10.6 Å². The molecule has 6 nitrogen and oxygen atoms in total. The Bertz CT molecular complexity index is 835. The Morgan fingerprint density at radius 1 is 1.12 bits per heavy atom. The number of alkyl halides is 3. The lowest BCUT2D eigenvalue weighted by Crippen LogP contribution is -2.22. The summed E-state index contributed by atoms with van der Waals surface area (Å²) in [5.74, 6) is -0.585. The predicted molar refractivity (Wildman–Crippen MR) is 91.7 cm³/mol. The zero-order valence-electron chi connectivity index (χ0n) is 13.3. The van der Waals surface area contributed by atoms with Gasteiger partial charge in [-0.05, 0) is 23.8 Å². The molecule has 0 saturated carbocycles. The second kappa shape index (κ2) is 8.15. The molecule has 2 aromatic rings. The topological polar surface area (TPSA) is 84.3 Å². The molecule has 0 fully saturated rings. The molecule has 2 rings (SSSR count). The SMILES string of the molecule is O=C(/C=C/c1cccc([N+](=O)[O-])c1)Nc1ccccc1NCC(F)(F)F. The van der Waals surface area contributed by atoms with E-state index in [1.807, 2.05) is 0 Å². The third-order valence-electron chi connectivity index (χ3n) is 3.17. The summed E-state index contributed by atoms with van der Waals surface area (Å²) in [6, 6.07) is 11.6. The first-order valence-electron chi connectivity index (χ1n) is 7.38. The van der Waals surface area contributed by atoms with Crippen LogP contribution in [0, 0.1) is 10.1 Å². The van der Waals surface area contributed by atoms with E-state index in [0.717, 1.165) is 6.08 Å². The maximum absolute atomic E-state index is 12.3. The first-order valence-corrected chi connectivity index (χ1v) is 7.38. The molecule has 26 heavy (non-hydrogen) atoms. The monoisotopic (exact) mass is 365 g/mol. The fourth-order valence-corrected chi connectivity index (χ4v) is 2.03. The van der Waals surface area contributed by atoms with E-state index in [-0.39, 0.29) is 17.1 Å². The third kappa shape index (κ3) is 5.93. The van der Waals surface area contributed by atoms with Crippen LogP contribution in [-0.4, -0.2) is 23.6 Å². The van der Waals surface area contributed by atoms with Crippen LogP contribution in [0.1, 0.15) is 5.56 Å². The highest BCUT2D eigenvalue weighted by atomic mass is 19.4. The molecular weight excluding hydrogens is 351 g/mol. The van der Waals surface area contributed by atoms with Gasteiger partial charge in [0.15, 0.2) is 0 Å². The van der Waals surface area contributed by atoms with Crippen LogP contribution in [0.25, 0.3) is 6.08 Å². The minimum atomic E-state index is -4.39. The smallest absolute Gasteiger partial charge is 0.375 e. The molecule has 0 saturated heterocycles. The number of benzene rings is 2. The highest BCUT2D eigenvalue weighted by Gasteiger charge is 2.26. The molecule has 0 radical (unpaired) electrons. The molecule has 9 heteroatoms. The van der Waals surface area contributed by atoms with Crippen molar-refractivity contribution in [3.63, 3.8) is 0 Å². The average Bonchev–Trinajstić information content (AvgIpc) is 2.59. The molecule has 1 amide bonds. The number of rotatable bonds is 6. The third-order valence-corrected chi connectivity index (χ3v) is 3.17. The number of carbonyl (C=O) groups excluding carboxylic acids is 1. The number of halogens is 3. The first kappa shape index (κ1) is 19.0. The predicted octanol–water partition coefficient (Wildman–Crippen LogP) is 4.22. The maximum atomic E-state index is 12.3. The lowest BCUT2D eigenvalue weighted by molar-refractivity contribution is -0.384. The molecule has 0 aliphatic heterocycles. The summed E-state index contributed by atoms with van der Waals surface area (Å²) in [5, 5.41) is 15.4. The van der Waals surface area contributed by atoms with E-state index in [1.54, 1.807) is 12.1 Å². The molecule has 0 bridgehead atoms. The number of anilines is 2. The van der Waals surface area contributed by atoms with Crippen LogP contribution in [0.4, 0.5) is 30.2 Å². The van der Waals surface area contributed by atoms with Crippen LogP contribution in [0.15, 0.2) is 54.6 Å². The molecule has 136 valence electrons. The summed E-state index contributed by atoms with van der Waals surface area (Å²) < 4.78 is 37.0. The zero-order chi connectivity index (χ0) is 19.2. The second-order valence-corrected chi connectivity index (χ2v) is 5.19. The fourth-order valence-electron chi connectivity index (χ4n) is 2.03. The largest absolute Gasteiger partial charge is 0.405 e. The van der Waals surface area contributed by atoms with E-state index in [0.29, 0.717) is 5.56 Å². The molecule has 0 aromatic heterocycles. The lowest BCUT2D eigenvalue weighted by atomic mass is 10.2. The van der Waals surface area contributed by atoms with Crippen molar-refractivity contribution >= 4 is 29.0 Å². The van der Waals surface area contributed by atoms with Crippen LogP contribution in [-0.2, 0) is 4.79 Å². The molecule has 0 atom stereocenters. The molecule has 0 spiro atoms. The van der Waals surface area contributed by atoms with Crippen LogP contribution < -0.4 is 10.6 Å². The van der Waals surface area contributed by atoms with Gasteiger partial charge in [-0.25, -0.2) is 0 Å². The lowest BCUT2D eigenvalue weighted by Gasteiger charge is -2.13. The Labute approximate surface area is 146 Å². The van der Waals surface area contributed by atoms with E-state index >= 15 is 0 Å². The standard InChI is InChI=1S/C17H14F3N3O3/c18-17(19,20)11-21-14-6-1-2-7-15(14)22-16(24)9-8-12-4-3-5-13(10-12)23(25)26/h1-10,21H,11H2,(H,22,24)/b9-8+. The minimum Gasteiger partial charge on any atom is -0.375 e. The average molecular weight is 365 g/mol. The van der Waals surface area contributed by atoms with Gasteiger partial charge < -0.3 is 10.6 Å². The van der Waals surface area contributed by atoms with E-state index in [4.69, 9.17) is 0 Å². The van der Waals surface area contributed by atoms with Crippen molar-refractivity contribution in [2.75, 3.05) is 17.2 Å². The van der Waals surface area contributed by atoms with Gasteiger partial charge in [0.2, 0.25) is 5.91 Å². The quantitative estimate of drug-likeness (QED) is 0.456. The van der Waals surface area contributed by atoms with Gasteiger partial charge in [-0.2, -0.15) is 13.2 Å². The molecule has 0 aliphatic carbocycles. The number of nitrogens with zero attached hydrogens (tertiary/aromatic N) is 1. The molecule has 0 aliphatic rings. The van der Waals surface area contributed by atoms with Gasteiger partial charge in [-0.15, -0.1) is 0 Å². The number of carbonyl (C=O) groups is 1. The van der Waals surface area contributed by atoms with Gasteiger partial charge in [-0.3, -0.25) is 14.9 Å². The fraction of sp³-hybridized carbons (Fsp3) is 0.118. The summed E-state index contributed by atoms with van der Waals surface area (Å²) in [7, 11) is 0. The van der Waals surface area contributed by atoms with Crippen molar-refractivity contribution < 1.29 is 22.9 Å². The number of hydrogen-bond donors (Lipinski definition) is 2. The van der Waals surface area contributed by atoms with E-state index in [9.17, 15) is 28.1 Å². The molecule has 0 heterocycles. The Morgan fingerprint density at radius 3 is 2.46 bits per heavy atom. The number of nitro groups is 1. The Hall–Kier alpha value is -3.36. The summed E-state index contributed by atoms with van der Waals surface area (Å²) in [6.07, 6.45) is -1.88. The van der Waals surface area contributed by atoms with Crippen LogP contribution in [0.2, 0.25) is 0 Å². The van der Waals surface area contributed by atoms with Crippen LogP contribution in [0.5, 0.6) is 0 Å². The molecule has 2 aromatic carbocycles. The second-order valence-electron chi connectivity index (χ2n) is 5.19. The van der Waals surface area contributed by atoms with E-state index < -0.39 is 23.6 Å². The van der Waals surface area contributed by atoms with Crippen LogP contribution >= 0.6 is 0 Å². The molecule has 0 unspecified atom stereocenters. The molecular formula is C17H14F3N3O3. The number of nitro benzene ring substituents is 1. The van der Waals surface area contributed by atoms with E-state index in [1.165, 1.54) is 42.5 Å². The van der Waals surface area contributed by atoms with Gasteiger partial charge in [0, 0.05) is 18.2 Å². The maximum Gasteiger partial charge on any atom is 0.405 e. The van der Waals surface area contributed by atoms with Gasteiger partial charge in [0.25, 0.3) is 5.69 Å². The number of non-ortho nitro benzene ring substituents is 1. The summed E-state index contributed by atoms with van der Waals surface area (Å²) >= 11 is 0. The van der Waals surface area contributed by atoms with Gasteiger partial charge in [0.05, 0.1) is 16.3 Å². The van der Waals surface area contributed by atoms with Crippen molar-refractivity contribution in [1.82, 2.24) is 0 Å². The van der Waals surface area contributed by atoms with Gasteiger partial charge >= 0.3 is 6.18 Å². The van der Waals surface area contributed by atoms with Gasteiger partial charge in [0.1, 0.15) is 6.54 Å². The summed E-state index contributed by atoms with van der Waals surface area (Å²) in [4.78, 5) is 22.1. The van der Waals surface area contributed by atoms with Crippen LogP contribution in [0.3, 0.4) is 0 Å². The van der Waals surface area contributed by atoms with Crippen molar-refractivity contribution in [2.45, 2.75) is 6.18 Å². The first-order chi connectivity index (χ1) is 12.2. The van der Waals surface area contributed by atoms with Gasteiger partial charge in [-0.1, -0.05) is 24.3 Å². The normalized spacial score (nSPS) is 11.3. The Morgan fingerprint density at radius 2 is 1.81 bits per heavy atom. The number of hydrogen-bond acceptors (Lipinski definition) is 4. The summed E-state index contributed by atoms with van der Waals surface area (Å²) in [6.45, 7) is -1.23. The number of para-hydroxylation sites is 2. The zero-order valence-corrected chi connectivity index (χ0v) is 13.3. The minimum absolute atomic E-state index is 0.116. The number of nitrogens with one attached hydrogen (secondary N) is 2. The Balaban J connectivity index is 2.06.